The lowest BCUT2D eigenvalue weighted by Gasteiger charge is -2.39. The van der Waals surface area contributed by atoms with E-state index in [4.69, 9.17) is 0 Å². The van der Waals surface area contributed by atoms with Crippen LogP contribution in [-0.4, -0.2) is 46.5 Å². The fourth-order valence-corrected chi connectivity index (χ4v) is 2.46. The first-order chi connectivity index (χ1) is 10.1. The Morgan fingerprint density at radius 3 is 2.23 bits per heavy atom. The van der Waals surface area contributed by atoms with Crippen molar-refractivity contribution >= 4 is 0 Å². The molecule has 1 aromatic carbocycles. The summed E-state index contributed by atoms with van der Waals surface area (Å²) in [5.74, 6) is -2.13. The molecule has 8 heteroatoms. The molecule has 0 aromatic heterocycles. The first-order valence-corrected chi connectivity index (χ1v) is 6.77. The molecule has 1 aromatic rings. The zero-order valence-corrected chi connectivity index (χ0v) is 11.6. The van der Waals surface area contributed by atoms with Crippen LogP contribution in [0.15, 0.2) is 18.2 Å². The van der Waals surface area contributed by atoms with Crippen LogP contribution in [0.1, 0.15) is 24.5 Å². The quantitative estimate of drug-likeness (QED) is 0.839. The predicted molar refractivity (Wildman–Crippen MR) is 68.0 cm³/mol. The van der Waals surface area contributed by atoms with Crippen molar-refractivity contribution in [1.82, 2.24) is 4.90 Å². The van der Waals surface area contributed by atoms with Gasteiger partial charge in [-0.25, -0.2) is 8.78 Å². The Kier molecular flexibility index (Phi) is 4.74. The van der Waals surface area contributed by atoms with Gasteiger partial charge in [0.25, 0.3) is 0 Å². The molecule has 0 aliphatic carbocycles. The number of rotatable bonds is 3. The van der Waals surface area contributed by atoms with Gasteiger partial charge in [-0.1, -0.05) is 6.07 Å². The molecule has 1 aliphatic rings. The van der Waals surface area contributed by atoms with Crippen molar-refractivity contribution in [2.75, 3.05) is 19.6 Å². The largest absolute Gasteiger partial charge is 0.417 e. The highest BCUT2D eigenvalue weighted by Crippen LogP contribution is 2.38. The van der Waals surface area contributed by atoms with Gasteiger partial charge in [-0.2, -0.15) is 13.2 Å². The third-order valence-electron chi connectivity index (χ3n) is 3.97. The minimum absolute atomic E-state index is 0.0149. The molecule has 124 valence electrons. The lowest BCUT2D eigenvalue weighted by atomic mass is 9.90. The summed E-state index contributed by atoms with van der Waals surface area (Å²) in [6, 6.07) is 2.96. The molecule has 1 saturated heterocycles. The molecule has 22 heavy (non-hydrogen) atoms. The molecule has 0 radical (unpaired) electrons. The normalized spacial score (nSPS) is 20.9. The molecule has 1 atom stereocenters. The number of likely N-dealkylation sites (tertiary alicyclic amines) is 1. The number of aliphatic hydroxyl groups is 2. The Balaban J connectivity index is 1.94. The summed E-state index contributed by atoms with van der Waals surface area (Å²) in [4.78, 5) is 1.55. The maximum atomic E-state index is 13.1. The number of benzene rings is 1. The average Bonchev–Trinajstić information content (AvgIpc) is 2.43. The highest BCUT2D eigenvalue weighted by molar-refractivity contribution is 5.20. The third kappa shape index (κ3) is 3.56. The summed E-state index contributed by atoms with van der Waals surface area (Å²) in [5, 5.41) is 19.5. The Bertz CT molecular complexity index is 526. The molecule has 3 nitrogen and oxygen atoms in total. The topological polar surface area (TPSA) is 43.7 Å². The first-order valence-electron chi connectivity index (χ1n) is 6.77. The summed E-state index contributed by atoms with van der Waals surface area (Å²) in [6.45, 7) is -0.105. The molecule has 0 bridgehead atoms. The zero-order valence-electron chi connectivity index (χ0n) is 11.6. The van der Waals surface area contributed by atoms with Gasteiger partial charge in [0.2, 0.25) is 0 Å². The van der Waals surface area contributed by atoms with Gasteiger partial charge < -0.3 is 15.1 Å². The van der Waals surface area contributed by atoms with Gasteiger partial charge in [-0.3, -0.25) is 0 Å². The van der Waals surface area contributed by atoms with Crippen LogP contribution in [0, 0.1) is 11.6 Å². The molecular formula is C14H16F5NO2. The monoisotopic (exact) mass is 325 g/mol. The third-order valence-corrected chi connectivity index (χ3v) is 3.97. The van der Waals surface area contributed by atoms with E-state index in [0.29, 0.717) is 0 Å². The number of hydrogen-bond acceptors (Lipinski definition) is 3. The summed E-state index contributed by atoms with van der Waals surface area (Å²) in [5.41, 5.74) is -2.55. The first kappa shape index (κ1) is 17.1. The van der Waals surface area contributed by atoms with Crippen LogP contribution in [0.4, 0.5) is 22.0 Å². The van der Waals surface area contributed by atoms with E-state index in [1.165, 1.54) is 6.07 Å². The van der Waals surface area contributed by atoms with Crippen LogP contribution in [0.25, 0.3) is 0 Å². The van der Waals surface area contributed by atoms with Crippen molar-refractivity contribution in [3.05, 3.63) is 35.4 Å². The predicted octanol–water partition coefficient (Wildman–Crippen LogP) is 2.39. The Hall–Kier alpha value is -1.25. The minimum atomic E-state index is -4.68. The van der Waals surface area contributed by atoms with Gasteiger partial charge in [0, 0.05) is 19.6 Å². The van der Waals surface area contributed by atoms with Crippen LogP contribution >= 0.6 is 0 Å². The van der Waals surface area contributed by atoms with Gasteiger partial charge in [-0.15, -0.1) is 0 Å². The molecule has 1 heterocycles. The van der Waals surface area contributed by atoms with Crippen molar-refractivity contribution in [2.24, 2.45) is 0 Å². The van der Waals surface area contributed by atoms with Gasteiger partial charge in [-0.05, 0) is 30.5 Å². The highest BCUT2D eigenvalue weighted by Gasteiger charge is 2.54. The van der Waals surface area contributed by atoms with Crippen LogP contribution in [-0.2, 0) is 0 Å². The van der Waals surface area contributed by atoms with Gasteiger partial charge >= 0.3 is 6.18 Å². The number of piperidine rings is 1. The summed E-state index contributed by atoms with van der Waals surface area (Å²) in [7, 11) is 0. The lowest BCUT2D eigenvalue weighted by molar-refractivity contribution is -0.273. The van der Waals surface area contributed by atoms with E-state index in [1.807, 2.05) is 0 Å². The average molecular weight is 325 g/mol. The van der Waals surface area contributed by atoms with Gasteiger partial charge in [0.05, 0.1) is 6.10 Å². The molecule has 0 spiro atoms. The second-order valence-corrected chi connectivity index (χ2v) is 5.52. The number of aliphatic hydroxyl groups excluding tert-OH is 1. The number of halogens is 5. The number of nitrogens with zero attached hydrogens (tertiary/aromatic N) is 1. The van der Waals surface area contributed by atoms with Crippen molar-refractivity contribution in [3.63, 3.8) is 0 Å². The summed E-state index contributed by atoms with van der Waals surface area (Å²) >= 11 is 0. The molecule has 0 amide bonds. The minimum Gasteiger partial charge on any atom is -0.387 e. The smallest absolute Gasteiger partial charge is 0.387 e. The van der Waals surface area contributed by atoms with Gasteiger partial charge in [0.15, 0.2) is 17.2 Å². The molecular weight excluding hydrogens is 309 g/mol. The molecule has 0 saturated carbocycles. The highest BCUT2D eigenvalue weighted by atomic mass is 19.4. The van der Waals surface area contributed by atoms with Crippen molar-refractivity contribution in [3.8, 4) is 0 Å². The van der Waals surface area contributed by atoms with E-state index in [2.05, 4.69) is 0 Å². The van der Waals surface area contributed by atoms with Crippen LogP contribution in [0.2, 0.25) is 0 Å². The molecule has 2 N–H and O–H groups in total. The zero-order chi connectivity index (χ0) is 16.5. The maximum Gasteiger partial charge on any atom is 0.417 e. The molecule has 1 fully saturated rings. The van der Waals surface area contributed by atoms with Crippen LogP contribution in [0.3, 0.4) is 0 Å². The Labute approximate surface area is 124 Å². The molecule has 2 rings (SSSR count). The Morgan fingerprint density at radius 2 is 1.73 bits per heavy atom. The molecule has 1 unspecified atom stereocenters. The summed E-state index contributed by atoms with van der Waals surface area (Å²) in [6.07, 6.45) is -6.80. The fourth-order valence-electron chi connectivity index (χ4n) is 2.46. The fraction of sp³-hybridized carbons (Fsp3) is 0.571. The lowest BCUT2D eigenvalue weighted by Crippen LogP contribution is -2.53. The summed E-state index contributed by atoms with van der Waals surface area (Å²) < 4.78 is 63.9. The van der Waals surface area contributed by atoms with E-state index < -0.39 is 42.4 Å². The standard InChI is InChI=1S/C14H16F5NO2/c15-10-2-1-9(7-11(10)16)12(21)8-20-5-3-13(22,4-6-20)14(17,18)19/h1-2,7,12,21-22H,3-6,8H2. The maximum absolute atomic E-state index is 13.1. The SMILES string of the molecule is OC(CN1CCC(O)(C(F)(F)F)CC1)c1ccc(F)c(F)c1. The van der Waals surface area contributed by atoms with Crippen molar-refractivity contribution in [2.45, 2.75) is 30.7 Å². The Morgan fingerprint density at radius 1 is 1.14 bits per heavy atom. The molecule has 1 aliphatic heterocycles. The van der Waals surface area contributed by atoms with Gasteiger partial charge in [0.1, 0.15) is 0 Å². The number of β-amino-alcohol motifs (C(OH)–C–C–N with tert-alkyl or cyclic N) is 1. The van der Waals surface area contributed by atoms with E-state index in [9.17, 15) is 32.2 Å². The van der Waals surface area contributed by atoms with E-state index in [-0.39, 0.29) is 25.2 Å². The van der Waals surface area contributed by atoms with Crippen LogP contribution < -0.4 is 0 Å². The number of alkyl halides is 3. The van der Waals surface area contributed by atoms with E-state index >= 15 is 0 Å². The van der Waals surface area contributed by atoms with Crippen molar-refractivity contribution < 1.29 is 32.2 Å². The van der Waals surface area contributed by atoms with E-state index in [1.54, 1.807) is 4.90 Å². The second-order valence-electron chi connectivity index (χ2n) is 5.52. The number of hydrogen-bond donors (Lipinski definition) is 2. The second kappa shape index (κ2) is 6.10. The van der Waals surface area contributed by atoms with Crippen LogP contribution in [0.5, 0.6) is 0 Å². The van der Waals surface area contributed by atoms with Crippen molar-refractivity contribution in [1.29, 1.82) is 0 Å². The van der Waals surface area contributed by atoms with E-state index in [0.717, 1.165) is 12.1 Å².